The monoisotopic (exact) mass is 420 g/mol. The van der Waals surface area contributed by atoms with Crippen molar-refractivity contribution in [2.75, 3.05) is 32.7 Å². The van der Waals surface area contributed by atoms with Gasteiger partial charge in [-0.05, 0) is 25.8 Å². The molecule has 2 rings (SSSR count). The number of hydrogen-bond donors (Lipinski definition) is 2. The number of aliphatic imine (C=N–C) groups is 1. The second-order valence-corrected chi connectivity index (χ2v) is 4.98. The van der Waals surface area contributed by atoms with Crippen LogP contribution < -0.4 is 10.6 Å². The lowest BCUT2D eigenvalue weighted by molar-refractivity contribution is -0.128. The van der Waals surface area contributed by atoms with Gasteiger partial charge < -0.3 is 15.5 Å². The molecule has 0 aromatic carbocycles. The smallest absolute Gasteiger partial charge is 0.244 e. The van der Waals surface area contributed by atoms with Crippen LogP contribution in [0.4, 0.5) is 0 Å². The molecule has 1 aromatic rings. The minimum atomic E-state index is 0. The molecule has 22 heavy (non-hydrogen) atoms. The van der Waals surface area contributed by atoms with Gasteiger partial charge in [0, 0.05) is 38.6 Å². The van der Waals surface area contributed by atoms with E-state index < -0.39 is 0 Å². The lowest BCUT2D eigenvalue weighted by Crippen LogP contribution is -2.40. The van der Waals surface area contributed by atoms with Crippen LogP contribution in [0.5, 0.6) is 0 Å². The molecule has 0 bridgehead atoms. The molecule has 0 unspecified atom stereocenters. The van der Waals surface area contributed by atoms with Crippen molar-refractivity contribution in [3.8, 4) is 0 Å². The maximum Gasteiger partial charge on any atom is 0.244 e. The van der Waals surface area contributed by atoms with Crippen molar-refractivity contribution in [2.24, 2.45) is 4.99 Å². The third-order valence-electron chi connectivity index (χ3n) is 3.37. The Labute approximate surface area is 148 Å². The zero-order valence-electron chi connectivity index (χ0n) is 13.0. The van der Waals surface area contributed by atoms with E-state index in [1.54, 1.807) is 6.20 Å². The highest BCUT2D eigenvalue weighted by Gasteiger charge is 2.17. The fraction of sp³-hybridized carbons (Fsp3) is 0.643. The summed E-state index contributed by atoms with van der Waals surface area (Å²) in [5.74, 6) is 0.786. The molecule has 0 atom stereocenters. The fourth-order valence-electron chi connectivity index (χ4n) is 2.28. The van der Waals surface area contributed by atoms with Gasteiger partial charge in [-0.15, -0.1) is 24.0 Å². The number of rotatable bonds is 6. The Bertz CT molecular complexity index is 456. The van der Waals surface area contributed by atoms with E-state index in [1.807, 2.05) is 28.8 Å². The minimum Gasteiger partial charge on any atom is -0.357 e. The van der Waals surface area contributed by atoms with E-state index in [0.717, 1.165) is 39.0 Å². The summed E-state index contributed by atoms with van der Waals surface area (Å²) in [7, 11) is 0. The van der Waals surface area contributed by atoms with Crippen molar-refractivity contribution in [3.05, 3.63) is 18.5 Å². The van der Waals surface area contributed by atoms with Crippen LogP contribution >= 0.6 is 24.0 Å². The molecule has 0 spiro atoms. The van der Waals surface area contributed by atoms with Crippen LogP contribution in [-0.2, 0) is 11.3 Å². The van der Waals surface area contributed by atoms with E-state index in [-0.39, 0.29) is 36.4 Å². The summed E-state index contributed by atoms with van der Waals surface area (Å²) in [5.41, 5.74) is 0. The Hall–Kier alpha value is -1.32. The van der Waals surface area contributed by atoms with E-state index in [2.05, 4.69) is 20.7 Å². The first-order valence-electron chi connectivity index (χ1n) is 7.57. The molecule has 8 heteroatoms. The molecular weight excluding hydrogens is 395 g/mol. The van der Waals surface area contributed by atoms with E-state index in [0.29, 0.717) is 12.5 Å². The van der Waals surface area contributed by atoms with Crippen molar-refractivity contribution in [1.82, 2.24) is 25.3 Å². The van der Waals surface area contributed by atoms with Gasteiger partial charge in [0.1, 0.15) is 6.54 Å². The van der Waals surface area contributed by atoms with Gasteiger partial charge >= 0.3 is 0 Å². The molecular formula is C14H25IN6O. The molecule has 1 aliphatic heterocycles. The largest absolute Gasteiger partial charge is 0.357 e. The van der Waals surface area contributed by atoms with Crippen LogP contribution in [0.3, 0.4) is 0 Å². The number of halogens is 1. The summed E-state index contributed by atoms with van der Waals surface area (Å²) in [6, 6.07) is 1.90. The quantitative estimate of drug-likeness (QED) is 0.403. The molecule has 124 valence electrons. The highest BCUT2D eigenvalue weighted by molar-refractivity contribution is 14.0. The van der Waals surface area contributed by atoms with E-state index in [9.17, 15) is 4.79 Å². The highest BCUT2D eigenvalue weighted by Crippen LogP contribution is 2.07. The number of nitrogens with zero attached hydrogens (tertiary/aromatic N) is 4. The van der Waals surface area contributed by atoms with Crippen molar-refractivity contribution < 1.29 is 4.79 Å². The van der Waals surface area contributed by atoms with Gasteiger partial charge in [0.05, 0.1) is 6.54 Å². The number of nitrogens with one attached hydrogen (secondary N) is 2. The molecule has 1 amide bonds. The predicted octanol–water partition coefficient (Wildman–Crippen LogP) is 0.679. The fourth-order valence-corrected chi connectivity index (χ4v) is 2.28. The Balaban J connectivity index is 0.00000242. The van der Waals surface area contributed by atoms with Crippen LogP contribution in [0, 0.1) is 0 Å². The number of amides is 1. The second-order valence-electron chi connectivity index (χ2n) is 4.98. The minimum absolute atomic E-state index is 0. The molecule has 0 aliphatic carbocycles. The van der Waals surface area contributed by atoms with Gasteiger partial charge in [0.25, 0.3) is 0 Å². The number of carbonyl (C=O) groups excluding carboxylic acids is 1. The summed E-state index contributed by atoms with van der Waals surface area (Å²) >= 11 is 0. The molecule has 0 saturated carbocycles. The number of hydrogen-bond acceptors (Lipinski definition) is 3. The third kappa shape index (κ3) is 6.20. The molecule has 7 nitrogen and oxygen atoms in total. The molecule has 1 fully saturated rings. The topological polar surface area (TPSA) is 74.6 Å². The molecule has 1 saturated heterocycles. The Kier molecular flexibility index (Phi) is 8.86. The van der Waals surface area contributed by atoms with E-state index in [4.69, 9.17) is 0 Å². The predicted molar refractivity (Wildman–Crippen MR) is 97.4 cm³/mol. The van der Waals surface area contributed by atoms with E-state index in [1.165, 1.54) is 0 Å². The summed E-state index contributed by atoms with van der Waals surface area (Å²) in [4.78, 5) is 18.2. The number of likely N-dealkylation sites (tertiary alicyclic amines) is 1. The standard InChI is InChI=1S/C14H24N6O.HI/c1-2-15-14(16-7-11-20-10-5-6-18-20)17-12-13(21)19-8-3-4-9-19;/h5-6,10H,2-4,7-9,11-12H2,1H3,(H2,15,16,17);1H. The lowest BCUT2D eigenvalue weighted by atomic mass is 10.4. The van der Waals surface area contributed by atoms with Crippen LogP contribution in [0.15, 0.2) is 23.5 Å². The van der Waals surface area contributed by atoms with Gasteiger partial charge in [-0.3, -0.25) is 9.48 Å². The van der Waals surface area contributed by atoms with Crippen LogP contribution in [0.1, 0.15) is 19.8 Å². The lowest BCUT2D eigenvalue weighted by Gasteiger charge is -2.15. The van der Waals surface area contributed by atoms with Crippen molar-refractivity contribution >= 4 is 35.8 Å². The third-order valence-corrected chi connectivity index (χ3v) is 3.37. The highest BCUT2D eigenvalue weighted by atomic mass is 127. The number of carbonyl (C=O) groups is 1. The Morgan fingerprint density at radius 2 is 2.09 bits per heavy atom. The maximum absolute atomic E-state index is 12.0. The summed E-state index contributed by atoms with van der Waals surface area (Å²) < 4.78 is 1.85. The molecule has 2 heterocycles. The molecule has 0 radical (unpaired) electrons. The zero-order valence-corrected chi connectivity index (χ0v) is 15.3. The van der Waals surface area contributed by atoms with Gasteiger partial charge in [-0.2, -0.15) is 5.10 Å². The van der Waals surface area contributed by atoms with E-state index >= 15 is 0 Å². The van der Waals surface area contributed by atoms with Gasteiger partial charge in [0.15, 0.2) is 5.96 Å². The molecule has 2 N–H and O–H groups in total. The van der Waals surface area contributed by atoms with Gasteiger partial charge in [0.2, 0.25) is 5.91 Å². The normalized spacial score (nSPS) is 14.6. The SMILES string of the molecule is CCNC(=NCC(=O)N1CCCC1)NCCn1cccn1.I. The number of aromatic nitrogens is 2. The van der Waals surface area contributed by atoms with Crippen molar-refractivity contribution in [3.63, 3.8) is 0 Å². The maximum atomic E-state index is 12.0. The van der Waals surface area contributed by atoms with Gasteiger partial charge in [-0.25, -0.2) is 4.99 Å². The average molecular weight is 420 g/mol. The Morgan fingerprint density at radius 3 is 2.73 bits per heavy atom. The van der Waals surface area contributed by atoms with Crippen molar-refractivity contribution in [2.45, 2.75) is 26.3 Å². The summed E-state index contributed by atoms with van der Waals surface area (Å²) in [6.07, 6.45) is 5.89. The summed E-state index contributed by atoms with van der Waals surface area (Å²) in [5, 5.41) is 10.5. The van der Waals surface area contributed by atoms with Crippen LogP contribution in [0.25, 0.3) is 0 Å². The van der Waals surface area contributed by atoms with Crippen LogP contribution in [0.2, 0.25) is 0 Å². The first kappa shape index (κ1) is 18.7. The first-order chi connectivity index (χ1) is 10.3. The number of guanidine groups is 1. The molecule has 1 aliphatic rings. The average Bonchev–Trinajstić information content (AvgIpc) is 3.17. The molecule has 1 aromatic heterocycles. The van der Waals surface area contributed by atoms with Crippen molar-refractivity contribution in [1.29, 1.82) is 0 Å². The summed E-state index contributed by atoms with van der Waals surface area (Å²) in [6.45, 7) is 6.20. The zero-order chi connectivity index (χ0) is 14.9. The van der Waals surface area contributed by atoms with Gasteiger partial charge in [-0.1, -0.05) is 0 Å². The second kappa shape index (κ2) is 10.4. The first-order valence-corrected chi connectivity index (χ1v) is 7.57. The van der Waals surface area contributed by atoms with Crippen LogP contribution in [-0.4, -0.2) is 59.3 Å². The Morgan fingerprint density at radius 1 is 1.32 bits per heavy atom.